The van der Waals surface area contributed by atoms with Crippen LogP contribution in [0.15, 0.2) is 0 Å². The molecule has 1 rings (SSSR count). The largest absolute Gasteiger partial charge is 0.481 e. The summed E-state index contributed by atoms with van der Waals surface area (Å²) in [6.07, 6.45) is -2.08. The van der Waals surface area contributed by atoms with Crippen LogP contribution in [0.25, 0.3) is 0 Å². The molecule has 14 heteroatoms. The van der Waals surface area contributed by atoms with E-state index in [1.54, 1.807) is 0 Å². The van der Waals surface area contributed by atoms with Crippen LogP contribution < -0.4 is 21.3 Å². The van der Waals surface area contributed by atoms with Gasteiger partial charge in [-0.3, -0.25) is 24.0 Å². The summed E-state index contributed by atoms with van der Waals surface area (Å²) in [5, 5.41) is 46.1. The second-order valence-corrected chi connectivity index (χ2v) is 7.37. The molecule has 1 aliphatic heterocycles. The molecule has 0 aromatic rings. The van der Waals surface area contributed by atoms with Crippen molar-refractivity contribution in [1.82, 2.24) is 21.3 Å². The molecule has 0 aromatic heterocycles. The van der Waals surface area contributed by atoms with Crippen LogP contribution in [0.2, 0.25) is 0 Å². The van der Waals surface area contributed by atoms with E-state index < -0.39 is 85.2 Å². The molecule has 180 valence electrons. The van der Waals surface area contributed by atoms with Gasteiger partial charge in [-0.1, -0.05) is 0 Å². The number of nitrogens with one attached hydrogen (secondary N) is 4. The zero-order valence-corrected chi connectivity index (χ0v) is 17.4. The number of carboxylic acids is 3. The van der Waals surface area contributed by atoms with Gasteiger partial charge in [0.05, 0.1) is 18.6 Å². The van der Waals surface area contributed by atoms with Crippen molar-refractivity contribution in [2.24, 2.45) is 0 Å². The first-order chi connectivity index (χ1) is 14.9. The monoisotopic (exact) mass is 460 g/mol. The molecule has 0 radical (unpaired) electrons. The predicted molar refractivity (Wildman–Crippen MR) is 105 cm³/mol. The lowest BCUT2D eigenvalue weighted by Gasteiger charge is -2.25. The van der Waals surface area contributed by atoms with Gasteiger partial charge >= 0.3 is 17.9 Å². The maximum Gasteiger partial charge on any atom is 0.326 e. The SMILES string of the molecule is CC(O)C(NC(=O)C1CCCN1)C(=O)NC(CC(=O)O)C(=O)NC(CCC(=O)O)C(=O)O. The molecule has 0 aliphatic carbocycles. The number of aliphatic hydroxyl groups is 1. The average Bonchev–Trinajstić information content (AvgIpc) is 3.22. The summed E-state index contributed by atoms with van der Waals surface area (Å²) in [6, 6.07) is -5.44. The highest BCUT2D eigenvalue weighted by molar-refractivity contribution is 5.96. The number of amides is 3. The van der Waals surface area contributed by atoms with E-state index in [2.05, 4.69) is 16.0 Å². The molecule has 1 saturated heterocycles. The van der Waals surface area contributed by atoms with Gasteiger partial charge in [0.2, 0.25) is 17.7 Å². The van der Waals surface area contributed by atoms with Gasteiger partial charge in [-0.05, 0) is 32.7 Å². The Balaban J connectivity index is 2.89. The van der Waals surface area contributed by atoms with E-state index in [1.165, 1.54) is 6.92 Å². The third-order valence-corrected chi connectivity index (χ3v) is 4.71. The molecule has 0 saturated carbocycles. The van der Waals surface area contributed by atoms with Crippen molar-refractivity contribution in [3.8, 4) is 0 Å². The Kier molecular flexibility index (Phi) is 10.5. The molecular weight excluding hydrogens is 432 g/mol. The minimum absolute atomic E-state index is 0.467. The second-order valence-electron chi connectivity index (χ2n) is 7.37. The second kappa shape index (κ2) is 12.6. The first-order valence-electron chi connectivity index (χ1n) is 9.91. The number of rotatable bonds is 13. The Morgan fingerprint density at radius 3 is 2.03 bits per heavy atom. The van der Waals surface area contributed by atoms with E-state index in [0.29, 0.717) is 13.0 Å². The number of hydrogen-bond acceptors (Lipinski definition) is 8. The van der Waals surface area contributed by atoms with Crippen LogP contribution >= 0.6 is 0 Å². The van der Waals surface area contributed by atoms with Crippen LogP contribution in [-0.2, 0) is 28.8 Å². The first-order valence-corrected chi connectivity index (χ1v) is 9.91. The van der Waals surface area contributed by atoms with E-state index in [9.17, 15) is 33.9 Å². The van der Waals surface area contributed by atoms with Crippen molar-refractivity contribution in [3.05, 3.63) is 0 Å². The first kappa shape index (κ1) is 26.8. The van der Waals surface area contributed by atoms with E-state index >= 15 is 0 Å². The highest BCUT2D eigenvalue weighted by Gasteiger charge is 2.34. The number of carboxylic acid groups (broad SMARTS) is 3. The van der Waals surface area contributed by atoms with Crippen molar-refractivity contribution < 1.29 is 49.2 Å². The Labute approximate surface area is 182 Å². The number of aliphatic hydroxyl groups excluding tert-OH is 1. The number of hydrogen-bond donors (Lipinski definition) is 8. The van der Waals surface area contributed by atoms with E-state index in [1.807, 2.05) is 5.32 Å². The van der Waals surface area contributed by atoms with Gasteiger partial charge in [-0.15, -0.1) is 0 Å². The fraction of sp³-hybridized carbons (Fsp3) is 0.667. The Morgan fingerprint density at radius 1 is 0.938 bits per heavy atom. The maximum atomic E-state index is 12.6. The minimum Gasteiger partial charge on any atom is -0.481 e. The molecule has 5 unspecified atom stereocenters. The lowest BCUT2D eigenvalue weighted by Crippen LogP contribution is -2.60. The van der Waals surface area contributed by atoms with Crippen LogP contribution in [0.4, 0.5) is 0 Å². The van der Waals surface area contributed by atoms with E-state index in [0.717, 1.165) is 6.42 Å². The summed E-state index contributed by atoms with van der Waals surface area (Å²) in [5.74, 6) is -7.11. The molecule has 0 aromatic carbocycles. The molecule has 5 atom stereocenters. The lowest BCUT2D eigenvalue weighted by molar-refractivity contribution is -0.144. The Morgan fingerprint density at radius 2 is 1.56 bits per heavy atom. The summed E-state index contributed by atoms with van der Waals surface area (Å²) in [4.78, 5) is 70.3. The maximum absolute atomic E-state index is 12.6. The molecule has 0 bridgehead atoms. The molecule has 1 fully saturated rings. The standard InChI is InChI=1S/C18H28N4O10/c1-8(23)14(22-15(28)9-3-2-6-19-9)17(30)21-11(7-13(26)27)16(29)20-10(18(31)32)4-5-12(24)25/h8-11,14,19,23H,2-7H2,1H3,(H,20,29)(H,21,30)(H,22,28)(H,24,25)(H,26,27)(H,31,32). The number of aliphatic carboxylic acids is 3. The third-order valence-electron chi connectivity index (χ3n) is 4.71. The van der Waals surface area contributed by atoms with Crippen molar-refractivity contribution in [2.45, 2.75) is 69.3 Å². The van der Waals surface area contributed by atoms with Gasteiger partial charge in [-0.25, -0.2) is 4.79 Å². The lowest BCUT2D eigenvalue weighted by atomic mass is 10.1. The molecule has 32 heavy (non-hydrogen) atoms. The number of carbonyl (C=O) groups excluding carboxylic acids is 3. The minimum atomic E-state index is -1.74. The van der Waals surface area contributed by atoms with Gasteiger partial charge in [0, 0.05) is 6.42 Å². The van der Waals surface area contributed by atoms with E-state index in [-0.39, 0.29) is 0 Å². The molecule has 1 aliphatic rings. The molecule has 3 amide bonds. The van der Waals surface area contributed by atoms with Crippen LogP contribution in [0, 0.1) is 0 Å². The average molecular weight is 460 g/mol. The summed E-state index contributed by atoms with van der Waals surface area (Å²) in [5.41, 5.74) is 0. The van der Waals surface area contributed by atoms with Gasteiger partial charge in [-0.2, -0.15) is 0 Å². The van der Waals surface area contributed by atoms with Gasteiger partial charge in [0.1, 0.15) is 18.1 Å². The zero-order valence-electron chi connectivity index (χ0n) is 17.4. The molecule has 1 heterocycles. The normalized spacial score (nSPS) is 19.1. The fourth-order valence-electron chi connectivity index (χ4n) is 3.01. The summed E-state index contributed by atoms with van der Waals surface area (Å²) in [6.45, 7) is 1.82. The van der Waals surface area contributed by atoms with Crippen molar-refractivity contribution >= 4 is 35.6 Å². The highest BCUT2D eigenvalue weighted by atomic mass is 16.4. The van der Waals surface area contributed by atoms with Crippen molar-refractivity contribution in [3.63, 3.8) is 0 Å². The molecule has 0 spiro atoms. The van der Waals surface area contributed by atoms with Crippen LogP contribution in [0.1, 0.15) is 39.0 Å². The van der Waals surface area contributed by atoms with Crippen LogP contribution in [-0.4, -0.2) is 92.9 Å². The summed E-state index contributed by atoms with van der Waals surface area (Å²) < 4.78 is 0. The van der Waals surface area contributed by atoms with Crippen molar-refractivity contribution in [1.29, 1.82) is 0 Å². The molecule has 8 N–H and O–H groups in total. The van der Waals surface area contributed by atoms with E-state index in [4.69, 9.17) is 15.3 Å². The topological polar surface area (TPSA) is 231 Å². The summed E-state index contributed by atoms with van der Waals surface area (Å²) >= 11 is 0. The smallest absolute Gasteiger partial charge is 0.326 e. The van der Waals surface area contributed by atoms with Crippen molar-refractivity contribution in [2.75, 3.05) is 6.54 Å². The summed E-state index contributed by atoms with van der Waals surface area (Å²) in [7, 11) is 0. The molecule has 14 nitrogen and oxygen atoms in total. The zero-order chi connectivity index (χ0) is 24.4. The van der Waals surface area contributed by atoms with Crippen LogP contribution in [0.3, 0.4) is 0 Å². The molecular formula is C18H28N4O10. The highest BCUT2D eigenvalue weighted by Crippen LogP contribution is 2.07. The predicted octanol–water partition coefficient (Wildman–Crippen LogP) is -3.00. The Bertz CT molecular complexity index is 735. The quantitative estimate of drug-likeness (QED) is 0.138. The third kappa shape index (κ3) is 8.85. The van der Waals surface area contributed by atoms with Gasteiger partial charge in [0.25, 0.3) is 0 Å². The fourth-order valence-corrected chi connectivity index (χ4v) is 3.01. The van der Waals surface area contributed by atoms with Gasteiger partial charge in [0.15, 0.2) is 0 Å². The number of carbonyl (C=O) groups is 6. The Hall–Kier alpha value is -3.26. The van der Waals surface area contributed by atoms with Crippen LogP contribution in [0.5, 0.6) is 0 Å². The van der Waals surface area contributed by atoms with Gasteiger partial charge < -0.3 is 41.7 Å².